The molecule has 3 saturated carbocycles. The molecule has 3 aliphatic rings. The van der Waals surface area contributed by atoms with Gasteiger partial charge in [0.25, 0.3) is 0 Å². The summed E-state index contributed by atoms with van der Waals surface area (Å²) in [7, 11) is -3.04. The van der Waals surface area contributed by atoms with Crippen LogP contribution in [0.1, 0.15) is 96.3 Å². The summed E-state index contributed by atoms with van der Waals surface area (Å²) >= 11 is 0. The third-order valence-corrected chi connectivity index (χ3v) is 10.1. The molecule has 3 aliphatic carbocycles. The van der Waals surface area contributed by atoms with Gasteiger partial charge in [0.15, 0.2) is 0 Å². The summed E-state index contributed by atoms with van der Waals surface area (Å²) in [6.45, 7) is 0. The van der Waals surface area contributed by atoms with E-state index in [4.69, 9.17) is 0 Å². The van der Waals surface area contributed by atoms with Gasteiger partial charge in [-0.05, 0) is 0 Å². The van der Waals surface area contributed by atoms with Crippen LogP contribution in [0.25, 0.3) is 0 Å². The second kappa shape index (κ2) is 7.44. The zero-order valence-corrected chi connectivity index (χ0v) is 13.7. The molecule has 3 rings (SSSR count). The average molecular weight is 284 g/mol. The van der Waals surface area contributed by atoms with Crippen molar-refractivity contribution in [3.8, 4) is 0 Å². The topological polar surface area (TPSA) is 0 Å². The standard InChI is InChI=1S/C18H35P/c1-4-10-16(11-5-1)19(17-12-6-2-7-13-17)18-14-8-3-9-15-18/h16-18H,1-15,19H2/i19D2. The molecule has 0 aromatic rings. The molecule has 0 saturated heterocycles. The van der Waals surface area contributed by atoms with Crippen LogP contribution in [0.5, 0.6) is 0 Å². The molecule has 0 aliphatic heterocycles. The molecule has 0 spiro atoms. The van der Waals surface area contributed by atoms with Gasteiger partial charge in [0.2, 0.25) is 0 Å². The Labute approximate surface area is 124 Å². The Bertz CT molecular complexity index is 285. The molecule has 0 unspecified atom stereocenters. The molecule has 0 atom stereocenters. The molecule has 0 amide bonds. The van der Waals surface area contributed by atoms with E-state index in [1.54, 1.807) is 0 Å². The molecule has 19 heavy (non-hydrogen) atoms. The first-order valence-corrected chi connectivity index (χ1v) is 10.8. The van der Waals surface area contributed by atoms with Gasteiger partial charge < -0.3 is 0 Å². The van der Waals surface area contributed by atoms with Crippen molar-refractivity contribution in [1.29, 1.82) is 2.56 Å². The van der Waals surface area contributed by atoms with Crippen molar-refractivity contribution >= 4 is 7.81 Å². The van der Waals surface area contributed by atoms with E-state index in [9.17, 15) is 2.56 Å². The van der Waals surface area contributed by atoms with Crippen molar-refractivity contribution < 1.29 is 0 Å². The van der Waals surface area contributed by atoms with Crippen LogP contribution in [0.15, 0.2) is 0 Å². The van der Waals surface area contributed by atoms with E-state index in [2.05, 4.69) is 0 Å². The molecule has 0 aromatic heterocycles. The quantitative estimate of drug-likeness (QED) is 0.563. The van der Waals surface area contributed by atoms with E-state index in [-0.39, 0.29) is 0 Å². The molecule has 0 radical (unpaired) electrons. The molecule has 3 fully saturated rings. The van der Waals surface area contributed by atoms with Crippen molar-refractivity contribution in [3.05, 3.63) is 0 Å². The maximum absolute atomic E-state index is 9.76. The zero-order chi connectivity index (χ0) is 14.8. The van der Waals surface area contributed by atoms with Crippen LogP contribution in [-0.2, 0) is 0 Å². The van der Waals surface area contributed by atoms with E-state index in [0.29, 0.717) is 17.0 Å². The summed E-state index contributed by atoms with van der Waals surface area (Å²) in [6, 6.07) is 0. The van der Waals surface area contributed by atoms with Crippen LogP contribution in [0.2, 0.25) is 0 Å². The summed E-state index contributed by atoms with van der Waals surface area (Å²) < 4.78 is 19.5. The summed E-state index contributed by atoms with van der Waals surface area (Å²) in [5, 5.41) is 0. The Morgan fingerprint density at radius 3 is 1.00 bits per heavy atom. The van der Waals surface area contributed by atoms with E-state index in [1.807, 2.05) is 0 Å². The van der Waals surface area contributed by atoms with Crippen molar-refractivity contribution in [3.63, 3.8) is 0 Å². The predicted octanol–water partition coefficient (Wildman–Crippen LogP) is 5.93. The van der Waals surface area contributed by atoms with Gasteiger partial charge >= 0.3 is 124 Å². The summed E-state index contributed by atoms with van der Waals surface area (Å²) in [5.41, 5.74) is 1.45. The number of rotatable bonds is 3. The van der Waals surface area contributed by atoms with Gasteiger partial charge in [-0.2, -0.15) is 0 Å². The van der Waals surface area contributed by atoms with Crippen LogP contribution in [0, 0.1) is 0 Å². The van der Waals surface area contributed by atoms with Gasteiger partial charge in [0, 0.05) is 0 Å². The molecule has 0 aromatic carbocycles. The van der Waals surface area contributed by atoms with E-state index in [1.165, 1.54) is 96.3 Å². The summed E-state index contributed by atoms with van der Waals surface area (Å²) in [4.78, 5) is 0. The minimum absolute atomic E-state index is 0.482. The third-order valence-electron chi connectivity index (χ3n) is 5.99. The van der Waals surface area contributed by atoms with Gasteiger partial charge in [-0.25, -0.2) is 0 Å². The molecular formula is C18H35P. The molecule has 0 nitrogen and oxygen atoms in total. The van der Waals surface area contributed by atoms with Crippen LogP contribution in [0.3, 0.4) is 0 Å². The fraction of sp³-hybridized carbons (Fsp3) is 1.00. The first kappa shape index (κ1) is 12.0. The van der Waals surface area contributed by atoms with Crippen LogP contribution >= 0.6 is 7.81 Å². The molecule has 0 N–H and O–H groups in total. The van der Waals surface area contributed by atoms with E-state index in [0.717, 1.165) is 0 Å². The van der Waals surface area contributed by atoms with Crippen molar-refractivity contribution in [2.75, 3.05) is 0 Å². The fourth-order valence-corrected chi connectivity index (χ4v) is 9.71. The second-order valence-electron chi connectivity index (χ2n) is 7.32. The Morgan fingerprint density at radius 2 is 0.737 bits per heavy atom. The Balaban J connectivity index is 1.90. The van der Waals surface area contributed by atoms with Crippen LogP contribution in [-0.4, -0.2) is 19.5 Å². The average Bonchev–Trinajstić information content (AvgIpc) is 2.57. The van der Waals surface area contributed by atoms with Gasteiger partial charge in [0.05, 0.1) is 0 Å². The fourth-order valence-electron chi connectivity index (χ4n) is 5.03. The van der Waals surface area contributed by atoms with Gasteiger partial charge in [-0.15, -0.1) is 0 Å². The first-order valence-electron chi connectivity index (χ1n) is 10.1. The van der Waals surface area contributed by atoms with Crippen LogP contribution in [0.4, 0.5) is 0 Å². The number of hydrogen-bond donors (Lipinski definition) is 0. The monoisotopic (exact) mass is 284 g/mol. The molecular weight excluding hydrogens is 247 g/mol. The maximum atomic E-state index is 9.76. The zero-order valence-electron chi connectivity index (χ0n) is 14.8. The second-order valence-corrected chi connectivity index (χ2v) is 10.4. The van der Waals surface area contributed by atoms with Crippen molar-refractivity contribution in [2.24, 2.45) is 0 Å². The van der Waals surface area contributed by atoms with Gasteiger partial charge in [-0.1, -0.05) is 0 Å². The Kier molecular flexibility index (Phi) is 4.71. The SMILES string of the molecule is [2H]P([2H])(C1CCCCC1)(C1CCCCC1)C1CCCCC1. The molecule has 0 heterocycles. The molecule has 112 valence electrons. The molecule has 1 heteroatoms. The van der Waals surface area contributed by atoms with Crippen LogP contribution < -0.4 is 0 Å². The van der Waals surface area contributed by atoms with E-state index >= 15 is 0 Å². The first-order chi connectivity index (χ1) is 10.1. The summed E-state index contributed by atoms with van der Waals surface area (Å²) in [5.74, 6) is 0. The predicted molar refractivity (Wildman–Crippen MR) is 90.3 cm³/mol. The van der Waals surface area contributed by atoms with Gasteiger partial charge in [0.1, 0.15) is 0 Å². The normalized spacial score (nSPS) is 33.2. The number of hydrogen-bond acceptors (Lipinski definition) is 0. The molecule has 0 bridgehead atoms. The van der Waals surface area contributed by atoms with Crippen molar-refractivity contribution in [1.82, 2.24) is 0 Å². The Morgan fingerprint density at radius 1 is 0.474 bits per heavy atom. The third kappa shape index (κ3) is 3.75. The Hall–Kier alpha value is 0.430. The van der Waals surface area contributed by atoms with Gasteiger partial charge in [-0.3, -0.25) is 0 Å². The van der Waals surface area contributed by atoms with Crippen molar-refractivity contribution in [2.45, 2.75) is 113 Å². The van der Waals surface area contributed by atoms with E-state index < -0.39 is 7.81 Å². The summed E-state index contributed by atoms with van der Waals surface area (Å²) in [6.07, 6.45) is 19.2. The minimum atomic E-state index is -3.04.